The van der Waals surface area contributed by atoms with E-state index in [4.69, 9.17) is 6.57 Å². The van der Waals surface area contributed by atoms with Gasteiger partial charge in [-0.25, -0.2) is 0 Å². The van der Waals surface area contributed by atoms with Crippen LogP contribution in [0.1, 0.15) is 23.6 Å². The monoisotopic (exact) mass is 241 g/mol. The Balaban J connectivity index is 2.60. The van der Waals surface area contributed by atoms with Crippen molar-refractivity contribution in [1.82, 2.24) is 4.90 Å². The summed E-state index contributed by atoms with van der Waals surface area (Å²) in [7, 11) is 2.01. The Morgan fingerprint density at radius 2 is 1.78 bits per heavy atom. The zero-order chi connectivity index (χ0) is 13.4. The molecular weight excluding hydrogens is 222 g/mol. The number of hydrogen-bond donors (Lipinski definition) is 0. The highest BCUT2D eigenvalue weighted by Crippen LogP contribution is 2.35. The third-order valence-corrected chi connectivity index (χ3v) is 3.79. The minimum atomic E-state index is 0.188. The Labute approximate surface area is 109 Å². The normalized spacial score (nSPS) is 18.9. The summed E-state index contributed by atoms with van der Waals surface area (Å²) in [6.45, 7) is 15.8. The molecule has 18 heavy (non-hydrogen) atoms. The fourth-order valence-electron chi connectivity index (χ4n) is 2.42. The molecule has 0 saturated heterocycles. The van der Waals surface area contributed by atoms with Crippen molar-refractivity contribution in [3.63, 3.8) is 0 Å². The molecule has 0 N–H and O–H groups in total. The minimum Gasteiger partial charge on any atom is -0.363 e. The van der Waals surface area contributed by atoms with Gasteiger partial charge in [-0.15, -0.1) is 0 Å². The Kier molecular flexibility index (Phi) is 3.04. The van der Waals surface area contributed by atoms with Crippen LogP contribution < -0.4 is 4.90 Å². The van der Waals surface area contributed by atoms with E-state index in [2.05, 4.69) is 54.5 Å². The summed E-state index contributed by atoms with van der Waals surface area (Å²) in [5.74, 6) is 0.696. The molecule has 0 amide bonds. The zero-order valence-electron chi connectivity index (χ0n) is 11.7. The molecule has 0 spiro atoms. The maximum atomic E-state index is 7.34. The lowest BCUT2D eigenvalue weighted by Gasteiger charge is -2.27. The van der Waals surface area contributed by atoms with Crippen LogP contribution in [0.3, 0.4) is 0 Å². The van der Waals surface area contributed by atoms with Crippen LogP contribution in [0.25, 0.3) is 4.85 Å². The summed E-state index contributed by atoms with van der Waals surface area (Å²) in [4.78, 5) is 7.86. The van der Waals surface area contributed by atoms with E-state index >= 15 is 0 Å². The highest BCUT2D eigenvalue weighted by molar-refractivity contribution is 5.66. The summed E-state index contributed by atoms with van der Waals surface area (Å²) in [5, 5.41) is 0. The number of anilines is 1. The lowest BCUT2D eigenvalue weighted by molar-refractivity contribution is 0.382. The van der Waals surface area contributed by atoms with Crippen molar-refractivity contribution in [2.75, 3.05) is 11.9 Å². The quantitative estimate of drug-likeness (QED) is 0.698. The van der Waals surface area contributed by atoms with Crippen LogP contribution in [-0.2, 0) is 0 Å². The second-order valence-electron chi connectivity index (χ2n) is 4.94. The molecule has 0 bridgehead atoms. The number of hydrogen-bond acceptors (Lipinski definition) is 2. The lowest BCUT2D eigenvalue weighted by Crippen LogP contribution is -2.35. The van der Waals surface area contributed by atoms with E-state index in [1.165, 1.54) is 22.4 Å². The van der Waals surface area contributed by atoms with Crippen molar-refractivity contribution in [3.8, 4) is 0 Å². The fraction of sp³-hybridized carbons (Fsp3) is 0.400. The van der Waals surface area contributed by atoms with Gasteiger partial charge in [0.2, 0.25) is 5.82 Å². The first-order valence-corrected chi connectivity index (χ1v) is 6.14. The lowest BCUT2D eigenvalue weighted by atomic mass is 10.0. The molecule has 0 unspecified atom stereocenters. The molecular formula is C15H19N3. The third kappa shape index (κ3) is 1.74. The molecule has 1 aromatic rings. The fourth-order valence-corrected chi connectivity index (χ4v) is 2.42. The van der Waals surface area contributed by atoms with Crippen molar-refractivity contribution in [2.45, 2.75) is 33.9 Å². The van der Waals surface area contributed by atoms with E-state index in [9.17, 15) is 0 Å². The van der Waals surface area contributed by atoms with Gasteiger partial charge in [-0.3, -0.25) is 4.90 Å². The number of aryl methyl sites for hydroxylation is 2. The average molecular weight is 241 g/mol. The Hall–Kier alpha value is -1.95. The smallest absolute Gasteiger partial charge is 0.247 e. The summed E-state index contributed by atoms with van der Waals surface area (Å²) in [5.41, 5.74) is 4.91. The van der Waals surface area contributed by atoms with Gasteiger partial charge in [0.15, 0.2) is 6.17 Å². The van der Waals surface area contributed by atoms with Crippen molar-refractivity contribution in [3.05, 3.63) is 52.3 Å². The summed E-state index contributed by atoms with van der Waals surface area (Å²) >= 11 is 0. The van der Waals surface area contributed by atoms with Gasteiger partial charge >= 0.3 is 0 Å². The predicted molar refractivity (Wildman–Crippen MR) is 75.0 cm³/mol. The van der Waals surface area contributed by atoms with Gasteiger partial charge in [0.1, 0.15) is 5.69 Å². The standard InChI is InChI=1S/C15H19N3/c1-10-7-8-11(2)15(12(10)3)18-13(4)17(6)9-14(18)16-5/h7-9,13H,1-4,6H3/t13-/m0/s1. The molecule has 2 rings (SSSR count). The van der Waals surface area contributed by atoms with Crippen molar-refractivity contribution < 1.29 is 0 Å². The topological polar surface area (TPSA) is 10.8 Å². The first-order valence-electron chi connectivity index (χ1n) is 6.14. The average Bonchev–Trinajstić information content (AvgIpc) is 2.62. The molecule has 94 valence electrons. The molecule has 0 saturated carbocycles. The van der Waals surface area contributed by atoms with Gasteiger partial charge in [-0.2, -0.15) is 0 Å². The van der Waals surface area contributed by atoms with Crippen LogP contribution in [0.5, 0.6) is 0 Å². The van der Waals surface area contributed by atoms with Gasteiger partial charge in [0.25, 0.3) is 0 Å². The predicted octanol–water partition coefficient (Wildman–Crippen LogP) is 3.43. The molecule has 0 aliphatic carbocycles. The van der Waals surface area contributed by atoms with E-state index in [1.54, 1.807) is 0 Å². The molecule has 1 aliphatic rings. The molecule has 1 atom stereocenters. The number of benzene rings is 1. The van der Waals surface area contributed by atoms with Crippen LogP contribution in [0.15, 0.2) is 24.2 Å². The molecule has 0 radical (unpaired) electrons. The largest absolute Gasteiger partial charge is 0.363 e. The van der Waals surface area contributed by atoms with E-state index in [0.717, 1.165) is 0 Å². The van der Waals surface area contributed by atoms with E-state index < -0.39 is 0 Å². The van der Waals surface area contributed by atoms with Crippen LogP contribution in [0.2, 0.25) is 0 Å². The van der Waals surface area contributed by atoms with Crippen molar-refractivity contribution >= 4 is 5.69 Å². The molecule has 3 heteroatoms. The van der Waals surface area contributed by atoms with E-state index in [1.807, 2.05) is 13.2 Å². The first kappa shape index (κ1) is 12.5. The minimum absolute atomic E-state index is 0.188. The highest BCUT2D eigenvalue weighted by Gasteiger charge is 2.32. The van der Waals surface area contributed by atoms with Crippen molar-refractivity contribution in [1.29, 1.82) is 0 Å². The van der Waals surface area contributed by atoms with Gasteiger partial charge < -0.3 is 9.74 Å². The number of rotatable bonds is 1. The molecule has 1 aliphatic heterocycles. The van der Waals surface area contributed by atoms with Crippen LogP contribution >= 0.6 is 0 Å². The van der Waals surface area contributed by atoms with Gasteiger partial charge in [-0.05, 0) is 44.4 Å². The van der Waals surface area contributed by atoms with E-state index in [-0.39, 0.29) is 6.17 Å². The van der Waals surface area contributed by atoms with Crippen LogP contribution in [0.4, 0.5) is 5.69 Å². The second-order valence-corrected chi connectivity index (χ2v) is 4.94. The molecule has 3 nitrogen and oxygen atoms in total. The zero-order valence-corrected chi connectivity index (χ0v) is 11.7. The Morgan fingerprint density at radius 3 is 2.39 bits per heavy atom. The van der Waals surface area contributed by atoms with Crippen LogP contribution in [-0.4, -0.2) is 18.1 Å². The summed E-state index contributed by atoms with van der Waals surface area (Å²) in [6.07, 6.45) is 2.10. The van der Waals surface area contributed by atoms with Gasteiger partial charge in [0, 0.05) is 13.2 Å². The SMILES string of the molecule is [C-]#[N+]C1=CN(C)[C@H](C)N1c1c(C)ccc(C)c1C. The Bertz CT molecular complexity index is 552. The second kappa shape index (κ2) is 4.38. The maximum absolute atomic E-state index is 7.34. The summed E-state index contributed by atoms with van der Waals surface area (Å²) in [6, 6.07) is 4.27. The van der Waals surface area contributed by atoms with E-state index in [0.29, 0.717) is 5.82 Å². The maximum Gasteiger partial charge on any atom is 0.247 e. The highest BCUT2D eigenvalue weighted by atomic mass is 15.4. The van der Waals surface area contributed by atoms with Crippen molar-refractivity contribution in [2.24, 2.45) is 0 Å². The van der Waals surface area contributed by atoms with Crippen LogP contribution in [0, 0.1) is 27.3 Å². The molecule has 1 heterocycles. The van der Waals surface area contributed by atoms with Gasteiger partial charge in [-0.1, -0.05) is 18.7 Å². The third-order valence-electron chi connectivity index (χ3n) is 3.79. The molecule has 0 aromatic heterocycles. The summed E-state index contributed by atoms with van der Waals surface area (Å²) < 4.78 is 0. The molecule has 0 fully saturated rings. The van der Waals surface area contributed by atoms with Gasteiger partial charge in [0.05, 0.1) is 0 Å². The first-order chi connectivity index (χ1) is 8.47. The number of nitrogens with zero attached hydrogens (tertiary/aromatic N) is 3. The Morgan fingerprint density at radius 1 is 1.17 bits per heavy atom. The molecule has 1 aromatic carbocycles.